The van der Waals surface area contributed by atoms with E-state index in [1.54, 1.807) is 13.8 Å². The SMILES string of the molecule is C/C=C(\C)CCC.CCC(=C/C=C/C(C)=C/C(=O)O)/C=C/C1=C(C)CCCC1(C)C.CCCC(=C/C=C/C(C)=C\C(=O)O)/C=C/C1=C(C)CCCC1(C)C. The molecule has 0 aromatic rings. The molecule has 300 valence electrons. The largest absolute Gasteiger partial charge is 0.478 e. The fraction of sp³-hybridized carbons (Fsp3) is 0.520. The Balaban J connectivity index is 0.000000885. The minimum Gasteiger partial charge on any atom is -0.478 e. The van der Waals surface area contributed by atoms with Crippen molar-refractivity contribution < 1.29 is 19.8 Å². The van der Waals surface area contributed by atoms with Crippen molar-refractivity contribution in [3.8, 4) is 0 Å². The molecule has 0 fully saturated rings. The van der Waals surface area contributed by atoms with Crippen molar-refractivity contribution in [1.82, 2.24) is 0 Å². The Kier molecular flexibility index (Phi) is 24.8. The molecule has 2 rings (SSSR count). The minimum atomic E-state index is -0.909. The summed E-state index contributed by atoms with van der Waals surface area (Å²) in [4.78, 5) is 21.2. The van der Waals surface area contributed by atoms with Gasteiger partial charge < -0.3 is 10.2 Å². The van der Waals surface area contributed by atoms with Gasteiger partial charge >= 0.3 is 11.9 Å². The van der Waals surface area contributed by atoms with Gasteiger partial charge in [0, 0.05) is 12.2 Å². The van der Waals surface area contributed by atoms with Gasteiger partial charge in [0.25, 0.3) is 0 Å². The van der Waals surface area contributed by atoms with Gasteiger partial charge in [-0.05, 0) is 144 Å². The fourth-order valence-electron chi connectivity index (χ4n) is 6.88. The standard InChI is InChI=1S/C22H32O2.C21H30O2.C7H14/c1-6-9-19(12-7-10-17(2)16-21(23)24)13-14-20-18(3)11-8-15-22(20,4)5;1-6-18(11-7-9-16(2)15-20(22)23)12-13-19-17(3)10-8-14-21(19,4)5;1-4-6-7(3)5-2/h7,10,12-14,16H,6,8-9,11,15H2,1-5H3,(H,23,24);7,9,11-13,15H,6,8,10,14H2,1-5H3,(H,22,23);5H,4,6H2,1-3H3/b10-7+,14-13+,17-16-,19-12-;9-7+,13-12+,16-15+,18-11-;7-5+. The van der Waals surface area contributed by atoms with Crippen molar-refractivity contribution in [3.63, 3.8) is 0 Å². The normalized spacial score (nSPS) is 18.7. The van der Waals surface area contributed by atoms with E-state index in [2.05, 4.69) is 119 Å². The van der Waals surface area contributed by atoms with Crippen molar-refractivity contribution in [1.29, 1.82) is 0 Å². The molecule has 0 saturated heterocycles. The first kappa shape index (κ1) is 50.1. The van der Waals surface area contributed by atoms with Crippen molar-refractivity contribution in [3.05, 3.63) is 129 Å². The number of allylic oxidation sites excluding steroid dienone is 20. The van der Waals surface area contributed by atoms with Crippen LogP contribution in [-0.4, -0.2) is 22.2 Å². The van der Waals surface area contributed by atoms with Gasteiger partial charge in [-0.25, -0.2) is 9.59 Å². The van der Waals surface area contributed by atoms with Crippen LogP contribution in [0, 0.1) is 10.8 Å². The van der Waals surface area contributed by atoms with E-state index in [1.165, 1.54) is 103 Å². The highest BCUT2D eigenvalue weighted by atomic mass is 16.4. The van der Waals surface area contributed by atoms with Crippen LogP contribution in [0.15, 0.2) is 129 Å². The summed E-state index contributed by atoms with van der Waals surface area (Å²) in [5.74, 6) is -1.81. The molecule has 0 saturated carbocycles. The number of hydrogen-bond donors (Lipinski definition) is 2. The summed E-state index contributed by atoms with van der Waals surface area (Å²) in [5, 5.41) is 17.4. The lowest BCUT2D eigenvalue weighted by molar-refractivity contribution is -0.132. The quantitative estimate of drug-likeness (QED) is 0.0996. The maximum absolute atomic E-state index is 10.6. The second-order valence-electron chi connectivity index (χ2n) is 16.2. The topological polar surface area (TPSA) is 74.6 Å². The highest BCUT2D eigenvalue weighted by Gasteiger charge is 2.27. The van der Waals surface area contributed by atoms with E-state index in [0.717, 1.165) is 30.4 Å². The molecule has 2 aliphatic carbocycles. The van der Waals surface area contributed by atoms with Gasteiger partial charge in [-0.3, -0.25) is 0 Å². The molecule has 0 unspecified atom stereocenters. The summed E-state index contributed by atoms with van der Waals surface area (Å²) in [6.07, 6.45) is 38.3. The molecule has 4 heteroatoms. The highest BCUT2D eigenvalue weighted by molar-refractivity contribution is 5.81. The maximum atomic E-state index is 10.6. The van der Waals surface area contributed by atoms with Gasteiger partial charge in [-0.1, -0.05) is 145 Å². The Morgan fingerprint density at radius 1 is 0.648 bits per heavy atom. The number of carboxylic acid groups (broad SMARTS) is 2. The monoisotopic (exact) mass is 741 g/mol. The second kappa shape index (κ2) is 26.8. The third kappa shape index (κ3) is 21.7. The minimum absolute atomic E-state index is 0.257. The summed E-state index contributed by atoms with van der Waals surface area (Å²) in [6, 6.07) is 0. The number of carbonyl (C=O) groups is 2. The van der Waals surface area contributed by atoms with Crippen LogP contribution < -0.4 is 0 Å². The van der Waals surface area contributed by atoms with E-state index in [0.29, 0.717) is 0 Å². The zero-order chi connectivity index (χ0) is 41.3. The Bertz CT molecular complexity index is 1550. The number of rotatable bonds is 15. The average Bonchev–Trinajstić information content (AvgIpc) is 3.06. The van der Waals surface area contributed by atoms with Crippen molar-refractivity contribution in [2.45, 2.75) is 161 Å². The van der Waals surface area contributed by atoms with Crippen LogP contribution in [0.4, 0.5) is 0 Å². The van der Waals surface area contributed by atoms with Crippen molar-refractivity contribution in [2.24, 2.45) is 10.8 Å². The smallest absolute Gasteiger partial charge is 0.328 e. The third-order valence-corrected chi connectivity index (χ3v) is 10.1. The first-order valence-corrected chi connectivity index (χ1v) is 20.3. The lowest BCUT2D eigenvalue weighted by Crippen LogP contribution is -2.19. The summed E-state index contributed by atoms with van der Waals surface area (Å²) >= 11 is 0. The van der Waals surface area contributed by atoms with Crippen LogP contribution in [-0.2, 0) is 9.59 Å². The van der Waals surface area contributed by atoms with Crippen LogP contribution in [0.25, 0.3) is 0 Å². The van der Waals surface area contributed by atoms with E-state index in [4.69, 9.17) is 10.2 Å². The molecule has 0 bridgehead atoms. The van der Waals surface area contributed by atoms with E-state index >= 15 is 0 Å². The van der Waals surface area contributed by atoms with E-state index < -0.39 is 11.9 Å². The molecule has 54 heavy (non-hydrogen) atoms. The second-order valence-corrected chi connectivity index (χ2v) is 16.2. The Morgan fingerprint density at radius 3 is 1.39 bits per heavy atom. The molecule has 4 nitrogen and oxygen atoms in total. The number of hydrogen-bond acceptors (Lipinski definition) is 2. The summed E-state index contributed by atoms with van der Waals surface area (Å²) < 4.78 is 0. The van der Waals surface area contributed by atoms with E-state index in [1.807, 2.05) is 24.3 Å². The molecule has 0 radical (unpaired) electrons. The molecule has 0 amide bonds. The number of carboxylic acids is 2. The summed E-state index contributed by atoms with van der Waals surface area (Å²) in [6.45, 7) is 28.2. The predicted molar refractivity (Wildman–Crippen MR) is 236 cm³/mol. The molecule has 0 spiro atoms. The molecule has 0 atom stereocenters. The molecule has 0 aromatic heterocycles. The molecule has 2 N–H and O–H groups in total. The maximum Gasteiger partial charge on any atom is 0.328 e. The highest BCUT2D eigenvalue weighted by Crippen LogP contribution is 2.42. The van der Waals surface area contributed by atoms with Crippen LogP contribution in [0.2, 0.25) is 0 Å². The zero-order valence-corrected chi connectivity index (χ0v) is 36.5. The Labute approximate surface area is 331 Å². The van der Waals surface area contributed by atoms with Crippen LogP contribution >= 0.6 is 0 Å². The van der Waals surface area contributed by atoms with E-state index in [9.17, 15) is 9.59 Å². The average molecular weight is 741 g/mol. The lowest BCUT2D eigenvalue weighted by atomic mass is 9.72. The zero-order valence-electron chi connectivity index (χ0n) is 36.5. The molecule has 0 aromatic carbocycles. The van der Waals surface area contributed by atoms with Crippen molar-refractivity contribution in [2.75, 3.05) is 0 Å². The van der Waals surface area contributed by atoms with Gasteiger partial charge in [-0.2, -0.15) is 0 Å². The predicted octanol–water partition coefficient (Wildman–Crippen LogP) is 15.1. The van der Waals surface area contributed by atoms with Gasteiger partial charge in [0.1, 0.15) is 0 Å². The molecule has 2 aliphatic rings. The molecule has 0 aliphatic heterocycles. The fourth-order valence-corrected chi connectivity index (χ4v) is 6.88. The number of aliphatic carboxylic acids is 2. The van der Waals surface area contributed by atoms with Gasteiger partial charge in [-0.15, -0.1) is 0 Å². The van der Waals surface area contributed by atoms with Gasteiger partial charge in [0.2, 0.25) is 0 Å². The summed E-state index contributed by atoms with van der Waals surface area (Å²) in [7, 11) is 0. The van der Waals surface area contributed by atoms with E-state index in [-0.39, 0.29) is 10.8 Å². The third-order valence-electron chi connectivity index (χ3n) is 10.1. The van der Waals surface area contributed by atoms with Crippen LogP contribution in [0.1, 0.15) is 161 Å². The lowest BCUT2D eigenvalue weighted by Gasteiger charge is -2.33. The van der Waals surface area contributed by atoms with Gasteiger partial charge in [0.15, 0.2) is 0 Å². The Hall–Kier alpha value is -3.92. The first-order valence-electron chi connectivity index (χ1n) is 20.3. The summed E-state index contributed by atoms with van der Waals surface area (Å²) in [5.41, 5.74) is 12.0. The first-order chi connectivity index (χ1) is 25.3. The van der Waals surface area contributed by atoms with Crippen molar-refractivity contribution >= 4 is 11.9 Å². The Morgan fingerprint density at radius 2 is 1.06 bits per heavy atom. The molecular formula is C50H76O4. The van der Waals surface area contributed by atoms with Crippen LogP contribution in [0.5, 0.6) is 0 Å². The molecule has 0 heterocycles. The van der Waals surface area contributed by atoms with Gasteiger partial charge in [0.05, 0.1) is 0 Å². The molecular weight excluding hydrogens is 665 g/mol. The van der Waals surface area contributed by atoms with Crippen LogP contribution in [0.3, 0.4) is 0 Å².